The minimum absolute atomic E-state index is 0.538. The van der Waals surface area contributed by atoms with Gasteiger partial charge in [0.1, 0.15) is 12.4 Å². The summed E-state index contributed by atoms with van der Waals surface area (Å²) in [6.45, 7) is 1.57. The molecule has 0 unspecified atom stereocenters. The van der Waals surface area contributed by atoms with E-state index in [4.69, 9.17) is 4.74 Å². The molecule has 0 fully saturated rings. The van der Waals surface area contributed by atoms with E-state index in [1.807, 2.05) is 6.07 Å². The predicted molar refractivity (Wildman–Crippen MR) is 107 cm³/mol. The topological polar surface area (TPSA) is 21.3 Å². The summed E-state index contributed by atoms with van der Waals surface area (Å²) in [6.07, 6.45) is 3.16. The highest BCUT2D eigenvalue weighted by Crippen LogP contribution is 2.22. The summed E-state index contributed by atoms with van der Waals surface area (Å²) in [5.74, 6) is 0.993. The number of nitrogens with one attached hydrogen (secondary N) is 1. The first-order valence-corrected chi connectivity index (χ1v) is 9.43. The molecule has 3 aromatic rings. The Balaban J connectivity index is 1.28. The fourth-order valence-corrected chi connectivity index (χ4v) is 3.73. The first-order chi connectivity index (χ1) is 12.9. The van der Waals surface area contributed by atoms with E-state index >= 15 is 0 Å². The van der Waals surface area contributed by atoms with Crippen molar-refractivity contribution in [3.8, 4) is 5.75 Å². The van der Waals surface area contributed by atoms with Gasteiger partial charge in [0.15, 0.2) is 0 Å². The van der Waals surface area contributed by atoms with Crippen molar-refractivity contribution in [1.29, 1.82) is 0 Å². The number of para-hydroxylation sites is 1. The van der Waals surface area contributed by atoms with Gasteiger partial charge in [0.2, 0.25) is 0 Å². The van der Waals surface area contributed by atoms with Crippen LogP contribution in [0.4, 0.5) is 0 Å². The highest BCUT2D eigenvalue weighted by molar-refractivity contribution is 5.37. The van der Waals surface area contributed by atoms with Crippen LogP contribution in [0.2, 0.25) is 0 Å². The van der Waals surface area contributed by atoms with E-state index in [9.17, 15) is 0 Å². The monoisotopic (exact) mass is 343 g/mol. The number of hydrogen-bond acceptors (Lipinski definition) is 2. The van der Waals surface area contributed by atoms with Crippen molar-refractivity contribution < 1.29 is 4.74 Å². The molecule has 2 heteroatoms. The lowest BCUT2D eigenvalue weighted by atomic mass is 10.0. The Morgan fingerprint density at radius 1 is 0.769 bits per heavy atom. The van der Waals surface area contributed by atoms with E-state index in [0.717, 1.165) is 31.6 Å². The van der Waals surface area contributed by atoms with E-state index in [1.54, 1.807) is 0 Å². The van der Waals surface area contributed by atoms with Gasteiger partial charge in [-0.05, 0) is 41.2 Å². The average molecular weight is 343 g/mol. The standard InChI is InChI=1S/C24H25NO/c1-2-8-19(9-3-1)16-22-12-6-7-13-24(22)26-15-14-25-23-17-20-10-4-5-11-21(20)18-23/h1-13,23,25H,14-18H2. The third kappa shape index (κ3) is 4.14. The van der Waals surface area contributed by atoms with Gasteiger partial charge in [-0.25, -0.2) is 0 Å². The van der Waals surface area contributed by atoms with Crippen LogP contribution in [0.15, 0.2) is 78.9 Å². The highest BCUT2D eigenvalue weighted by atomic mass is 16.5. The first-order valence-electron chi connectivity index (χ1n) is 9.43. The van der Waals surface area contributed by atoms with Gasteiger partial charge in [0.05, 0.1) is 0 Å². The molecule has 0 saturated carbocycles. The minimum Gasteiger partial charge on any atom is -0.492 e. The zero-order chi connectivity index (χ0) is 17.6. The van der Waals surface area contributed by atoms with Crippen LogP contribution in [0.3, 0.4) is 0 Å². The van der Waals surface area contributed by atoms with Crippen LogP contribution in [0.25, 0.3) is 0 Å². The van der Waals surface area contributed by atoms with E-state index < -0.39 is 0 Å². The molecule has 0 radical (unpaired) electrons. The summed E-state index contributed by atoms with van der Waals surface area (Å²) >= 11 is 0. The molecule has 0 atom stereocenters. The molecule has 0 bridgehead atoms. The normalized spacial score (nSPS) is 13.5. The van der Waals surface area contributed by atoms with Crippen molar-refractivity contribution >= 4 is 0 Å². The van der Waals surface area contributed by atoms with E-state index in [0.29, 0.717) is 12.6 Å². The smallest absolute Gasteiger partial charge is 0.122 e. The van der Waals surface area contributed by atoms with Gasteiger partial charge in [-0.1, -0.05) is 72.8 Å². The van der Waals surface area contributed by atoms with Gasteiger partial charge in [-0.2, -0.15) is 0 Å². The van der Waals surface area contributed by atoms with Crippen molar-refractivity contribution in [2.45, 2.75) is 25.3 Å². The number of ether oxygens (including phenoxy) is 1. The summed E-state index contributed by atoms with van der Waals surface area (Å²) in [5, 5.41) is 3.64. The van der Waals surface area contributed by atoms with Crippen LogP contribution >= 0.6 is 0 Å². The van der Waals surface area contributed by atoms with Gasteiger partial charge in [0, 0.05) is 19.0 Å². The molecule has 0 aliphatic heterocycles. The molecule has 0 spiro atoms. The second-order valence-electron chi connectivity index (χ2n) is 6.95. The Bertz CT molecular complexity index is 819. The maximum atomic E-state index is 6.08. The van der Waals surface area contributed by atoms with Gasteiger partial charge in [-0.15, -0.1) is 0 Å². The third-order valence-corrected chi connectivity index (χ3v) is 5.05. The number of fused-ring (bicyclic) bond motifs is 1. The number of hydrogen-bond donors (Lipinski definition) is 1. The fourth-order valence-electron chi connectivity index (χ4n) is 3.73. The zero-order valence-electron chi connectivity index (χ0n) is 15.0. The lowest BCUT2D eigenvalue weighted by Crippen LogP contribution is -2.33. The van der Waals surface area contributed by atoms with Crippen LogP contribution in [0, 0.1) is 0 Å². The molecule has 3 aromatic carbocycles. The van der Waals surface area contributed by atoms with Crippen LogP contribution in [-0.4, -0.2) is 19.2 Å². The van der Waals surface area contributed by atoms with E-state index in [2.05, 4.69) is 78.1 Å². The van der Waals surface area contributed by atoms with Gasteiger partial charge < -0.3 is 10.1 Å². The first kappa shape index (κ1) is 16.9. The van der Waals surface area contributed by atoms with Gasteiger partial charge in [0.25, 0.3) is 0 Å². The van der Waals surface area contributed by atoms with Gasteiger partial charge >= 0.3 is 0 Å². The average Bonchev–Trinajstić information content (AvgIpc) is 3.10. The molecule has 0 amide bonds. The van der Waals surface area contributed by atoms with Crippen molar-refractivity contribution in [3.63, 3.8) is 0 Å². The van der Waals surface area contributed by atoms with Crippen molar-refractivity contribution in [2.75, 3.05) is 13.2 Å². The van der Waals surface area contributed by atoms with Crippen LogP contribution in [-0.2, 0) is 19.3 Å². The summed E-state index contributed by atoms with van der Waals surface area (Å²) in [6, 6.07) is 28.2. The molecule has 0 heterocycles. The number of rotatable bonds is 7. The van der Waals surface area contributed by atoms with Crippen LogP contribution < -0.4 is 10.1 Å². The molecule has 26 heavy (non-hydrogen) atoms. The molecule has 132 valence electrons. The highest BCUT2D eigenvalue weighted by Gasteiger charge is 2.19. The Hall–Kier alpha value is -2.58. The Labute approximate surface area is 155 Å². The van der Waals surface area contributed by atoms with E-state index in [-0.39, 0.29) is 0 Å². The molecule has 0 aromatic heterocycles. The Kier molecular flexibility index (Phi) is 5.32. The third-order valence-electron chi connectivity index (χ3n) is 5.05. The molecule has 1 aliphatic rings. The van der Waals surface area contributed by atoms with Crippen molar-refractivity contribution in [1.82, 2.24) is 5.32 Å². The fraction of sp³-hybridized carbons (Fsp3) is 0.250. The van der Waals surface area contributed by atoms with Crippen molar-refractivity contribution in [2.24, 2.45) is 0 Å². The predicted octanol–water partition coefficient (Wildman–Crippen LogP) is 4.41. The minimum atomic E-state index is 0.538. The SMILES string of the molecule is c1ccc(Cc2ccccc2OCCNC2Cc3ccccc3C2)cc1. The quantitative estimate of drug-likeness (QED) is 0.642. The van der Waals surface area contributed by atoms with Crippen LogP contribution in [0.5, 0.6) is 5.75 Å². The van der Waals surface area contributed by atoms with Crippen LogP contribution in [0.1, 0.15) is 22.3 Å². The molecule has 2 nitrogen and oxygen atoms in total. The summed E-state index contributed by atoms with van der Waals surface area (Å²) < 4.78 is 6.08. The lowest BCUT2D eigenvalue weighted by molar-refractivity contribution is 0.303. The Morgan fingerprint density at radius 3 is 2.19 bits per heavy atom. The number of benzene rings is 3. The second-order valence-corrected chi connectivity index (χ2v) is 6.95. The maximum Gasteiger partial charge on any atom is 0.122 e. The second kappa shape index (κ2) is 8.20. The molecular formula is C24H25NO. The summed E-state index contributed by atoms with van der Waals surface area (Å²) in [5.41, 5.74) is 5.52. The Morgan fingerprint density at radius 2 is 1.42 bits per heavy atom. The van der Waals surface area contributed by atoms with Crippen molar-refractivity contribution in [3.05, 3.63) is 101 Å². The lowest BCUT2D eigenvalue weighted by Gasteiger charge is -2.14. The van der Waals surface area contributed by atoms with Gasteiger partial charge in [-0.3, -0.25) is 0 Å². The molecule has 0 saturated heterocycles. The maximum absolute atomic E-state index is 6.08. The molecule has 1 N–H and O–H groups in total. The molecule has 4 rings (SSSR count). The summed E-state index contributed by atoms with van der Waals surface area (Å²) in [7, 11) is 0. The molecular weight excluding hydrogens is 318 g/mol. The molecule has 1 aliphatic carbocycles. The summed E-state index contributed by atoms with van der Waals surface area (Å²) in [4.78, 5) is 0. The van der Waals surface area contributed by atoms with E-state index in [1.165, 1.54) is 22.3 Å². The zero-order valence-corrected chi connectivity index (χ0v) is 15.0. The largest absolute Gasteiger partial charge is 0.492 e.